The number of nitrogens with zero attached hydrogens (tertiary/aromatic N) is 2. The quantitative estimate of drug-likeness (QED) is 0.591. The molecule has 8 nitrogen and oxygen atoms in total. The molecule has 9 heteroatoms. The van der Waals surface area contributed by atoms with Gasteiger partial charge < -0.3 is 14.9 Å². The van der Waals surface area contributed by atoms with Gasteiger partial charge in [0.05, 0.1) is 6.10 Å². The summed E-state index contributed by atoms with van der Waals surface area (Å²) in [7, 11) is 0. The van der Waals surface area contributed by atoms with E-state index in [4.69, 9.17) is 4.74 Å². The third-order valence-corrected chi connectivity index (χ3v) is 4.80. The van der Waals surface area contributed by atoms with E-state index in [-0.39, 0.29) is 0 Å². The monoisotopic (exact) mass is 317 g/mol. The summed E-state index contributed by atoms with van der Waals surface area (Å²) in [5.74, 6) is 0. The fourth-order valence-electron chi connectivity index (χ4n) is 2.19. The van der Waals surface area contributed by atoms with E-state index in [0.717, 1.165) is 17.0 Å². The summed E-state index contributed by atoms with van der Waals surface area (Å²) >= 11 is 0. The summed E-state index contributed by atoms with van der Waals surface area (Å²) in [6.45, 7) is 2.85. The lowest BCUT2D eigenvalue weighted by molar-refractivity contribution is -0.0485. The smallest absolute Gasteiger partial charge is 0.347 e. The molecule has 21 heavy (non-hydrogen) atoms. The number of aliphatic hydroxyl groups excluding tert-OH is 2. The molecule has 2 heterocycles. The molecule has 0 saturated carbocycles. The molecule has 1 aliphatic heterocycles. The summed E-state index contributed by atoms with van der Waals surface area (Å²) in [6.07, 6.45) is 2.24. The van der Waals surface area contributed by atoms with Crippen molar-refractivity contribution in [1.82, 2.24) is 14.8 Å². The minimum atomic E-state index is -1.28. The van der Waals surface area contributed by atoms with E-state index in [9.17, 15) is 19.8 Å². The van der Waals surface area contributed by atoms with Crippen LogP contribution in [0.2, 0.25) is 0 Å². The van der Waals surface area contributed by atoms with Crippen LogP contribution in [-0.4, -0.2) is 69.1 Å². The van der Waals surface area contributed by atoms with Crippen LogP contribution in [0.5, 0.6) is 0 Å². The van der Waals surface area contributed by atoms with E-state index in [0.29, 0.717) is 6.42 Å². The zero-order valence-corrected chi connectivity index (χ0v) is 12.9. The Labute approximate surface area is 121 Å². The second-order valence-corrected chi connectivity index (χ2v) is 10.2. The van der Waals surface area contributed by atoms with Crippen molar-refractivity contribution in [3.05, 3.63) is 27.0 Å². The highest BCUT2D eigenvalue weighted by atomic mass is 31.2. The van der Waals surface area contributed by atoms with E-state index in [2.05, 4.69) is 24.7 Å². The van der Waals surface area contributed by atoms with Gasteiger partial charge in [0, 0.05) is 0 Å². The van der Waals surface area contributed by atoms with Crippen LogP contribution < -0.4 is 11.2 Å². The average molecular weight is 317 g/mol. The van der Waals surface area contributed by atoms with Crippen molar-refractivity contribution in [2.24, 2.45) is 0 Å². The van der Waals surface area contributed by atoms with Gasteiger partial charge in [0.2, 0.25) is 0 Å². The van der Waals surface area contributed by atoms with Crippen LogP contribution in [0.4, 0.5) is 0 Å². The molecule has 0 aliphatic carbocycles. The van der Waals surface area contributed by atoms with Crippen LogP contribution in [-0.2, 0) is 4.74 Å². The molecular weight excluding hydrogens is 297 g/mol. The van der Waals surface area contributed by atoms with Gasteiger partial charge in [-0.3, -0.25) is 9.78 Å². The summed E-state index contributed by atoms with van der Waals surface area (Å²) in [5.41, 5.74) is -1.42. The van der Waals surface area contributed by atoms with Crippen LogP contribution in [0, 0.1) is 0 Å². The van der Waals surface area contributed by atoms with Crippen molar-refractivity contribution in [2.45, 2.75) is 31.0 Å². The third-order valence-electron chi connectivity index (χ3n) is 3.33. The molecule has 1 fully saturated rings. The van der Waals surface area contributed by atoms with E-state index in [1.807, 2.05) is 4.98 Å². The fourth-order valence-corrected chi connectivity index (χ4v) is 3.14. The van der Waals surface area contributed by atoms with Gasteiger partial charge in [-0.15, -0.1) is 13.2 Å². The highest BCUT2D eigenvalue weighted by molar-refractivity contribution is 7.72. The van der Waals surface area contributed by atoms with Crippen LogP contribution in [0.1, 0.15) is 12.6 Å². The Balaban J connectivity index is 2.18. The summed E-state index contributed by atoms with van der Waals surface area (Å²) in [6, 6.07) is 0. The van der Waals surface area contributed by atoms with Gasteiger partial charge in [-0.25, -0.2) is 4.79 Å². The van der Waals surface area contributed by atoms with Crippen LogP contribution in [0.15, 0.2) is 15.8 Å². The number of aromatic nitrogens is 3. The number of hydrogen-bond donors (Lipinski definition) is 3. The molecule has 1 aliphatic rings. The molecule has 1 saturated heterocycles. The molecule has 4 atom stereocenters. The van der Waals surface area contributed by atoms with Gasteiger partial charge in [0.15, 0.2) is 6.23 Å². The van der Waals surface area contributed by atoms with Crippen molar-refractivity contribution in [2.75, 3.05) is 19.5 Å². The Morgan fingerprint density at radius 1 is 1.43 bits per heavy atom. The molecule has 1 aromatic rings. The molecule has 1 aromatic heterocycles. The minimum absolute atomic E-state index is 0.539. The summed E-state index contributed by atoms with van der Waals surface area (Å²) in [4.78, 5) is 24.7. The number of nitrogens with one attached hydrogen (secondary N) is 1. The topological polar surface area (TPSA) is 117 Å². The first-order chi connectivity index (χ1) is 9.69. The molecular formula is C12H20N3O5P. The Hall–Kier alpha value is -1.21. The normalized spacial score (nSPS) is 29.7. The standard InChI is InChI=1S/C12H20N3O5P/c1-21(2,3)5-4-7-9(17)10(18)11(20-7)15-12(19)14-8(16)6-13-15/h6-7,9-11,17-18H,1,4-5H2,2-3H3,(H,14,16,19)/t7-,9-,10-,11?/m1/s1. The number of aromatic amines is 1. The van der Waals surface area contributed by atoms with Crippen LogP contribution >= 0.6 is 6.89 Å². The van der Waals surface area contributed by atoms with Crippen molar-refractivity contribution in [3.8, 4) is 0 Å². The van der Waals surface area contributed by atoms with Gasteiger partial charge in [0.25, 0.3) is 5.56 Å². The van der Waals surface area contributed by atoms with Gasteiger partial charge in [-0.05, 0) is 25.9 Å². The molecule has 2 rings (SSSR count). The van der Waals surface area contributed by atoms with E-state index < -0.39 is 42.7 Å². The van der Waals surface area contributed by atoms with E-state index >= 15 is 0 Å². The first-order valence-electron chi connectivity index (χ1n) is 6.56. The Morgan fingerprint density at radius 3 is 2.67 bits per heavy atom. The van der Waals surface area contributed by atoms with Crippen LogP contribution in [0.3, 0.4) is 0 Å². The Kier molecular flexibility index (Phi) is 4.53. The Bertz CT molecular complexity index is 663. The molecule has 0 spiro atoms. The highest BCUT2D eigenvalue weighted by Gasteiger charge is 2.44. The van der Waals surface area contributed by atoms with Gasteiger partial charge in [0.1, 0.15) is 18.4 Å². The second-order valence-electron chi connectivity index (χ2n) is 5.88. The zero-order valence-electron chi connectivity index (χ0n) is 12.0. The lowest BCUT2D eigenvalue weighted by atomic mass is 10.1. The molecule has 0 aromatic carbocycles. The number of ether oxygens (including phenoxy) is 1. The second kappa shape index (κ2) is 5.88. The maximum absolute atomic E-state index is 11.7. The number of aliphatic hydroxyl groups is 2. The van der Waals surface area contributed by atoms with Crippen molar-refractivity contribution < 1.29 is 14.9 Å². The third kappa shape index (κ3) is 3.71. The molecule has 1 unspecified atom stereocenters. The lowest BCUT2D eigenvalue weighted by Crippen LogP contribution is -2.39. The zero-order chi connectivity index (χ0) is 15.8. The molecule has 3 N–H and O–H groups in total. The van der Waals surface area contributed by atoms with Gasteiger partial charge in [-0.2, -0.15) is 9.78 Å². The first-order valence-corrected chi connectivity index (χ1v) is 9.61. The van der Waals surface area contributed by atoms with Gasteiger partial charge in [-0.1, -0.05) is 0 Å². The first kappa shape index (κ1) is 16.2. The lowest BCUT2D eigenvalue weighted by Gasteiger charge is -2.18. The number of rotatable bonds is 4. The molecule has 0 radical (unpaired) electrons. The predicted octanol–water partition coefficient (Wildman–Crippen LogP) is -1.35. The fraction of sp³-hybridized carbons (Fsp3) is 0.667. The van der Waals surface area contributed by atoms with Crippen molar-refractivity contribution >= 4 is 13.2 Å². The number of H-pyrrole nitrogens is 1. The highest BCUT2D eigenvalue weighted by Crippen LogP contribution is 2.39. The molecule has 0 bridgehead atoms. The number of hydrogen-bond acceptors (Lipinski definition) is 6. The molecule has 0 amide bonds. The summed E-state index contributed by atoms with van der Waals surface area (Å²) in [5, 5.41) is 23.7. The maximum atomic E-state index is 11.7. The van der Waals surface area contributed by atoms with Crippen molar-refractivity contribution in [3.63, 3.8) is 0 Å². The van der Waals surface area contributed by atoms with E-state index in [1.54, 1.807) is 0 Å². The van der Waals surface area contributed by atoms with Crippen molar-refractivity contribution in [1.29, 1.82) is 0 Å². The maximum Gasteiger partial charge on any atom is 0.347 e. The SMILES string of the molecule is C=P(C)(C)CC[C@H]1OC(n2ncc(=O)[nH]c2=O)[C@H](O)[C@@H]1O. The minimum Gasteiger partial charge on any atom is -0.388 e. The average Bonchev–Trinajstić information content (AvgIpc) is 2.64. The van der Waals surface area contributed by atoms with E-state index in [1.165, 1.54) is 0 Å². The summed E-state index contributed by atoms with van der Waals surface area (Å²) < 4.78 is 6.39. The largest absolute Gasteiger partial charge is 0.388 e. The van der Waals surface area contributed by atoms with Gasteiger partial charge >= 0.3 is 5.69 Å². The Morgan fingerprint density at radius 2 is 2.10 bits per heavy atom. The predicted molar refractivity (Wildman–Crippen MR) is 80.4 cm³/mol. The molecule has 118 valence electrons. The van der Waals surface area contributed by atoms with Crippen LogP contribution in [0.25, 0.3) is 0 Å².